The standard InChI is InChI=1S/C22H23ClN4O2S/c23-18-12-16(13-19-21(18)29-11-10-28-19)15-30-22-25-24-20(14-26-8-4-5-9-26)27(22)17-6-2-1-3-7-17/h1-3,6-7,12-13H,4-5,8-11,14-15H2. The quantitative estimate of drug-likeness (QED) is 0.521. The lowest BCUT2D eigenvalue weighted by Gasteiger charge is -2.20. The van der Waals surface area contributed by atoms with E-state index in [1.165, 1.54) is 12.8 Å². The third-order valence-electron chi connectivity index (χ3n) is 5.30. The van der Waals surface area contributed by atoms with Crippen molar-refractivity contribution in [3.05, 3.63) is 58.9 Å². The Bertz CT molecular complexity index is 1020. The Morgan fingerprint density at radius 1 is 1.00 bits per heavy atom. The molecule has 0 radical (unpaired) electrons. The molecule has 0 N–H and O–H groups in total. The van der Waals surface area contributed by atoms with Crippen LogP contribution < -0.4 is 9.47 Å². The lowest BCUT2D eigenvalue weighted by atomic mass is 10.2. The summed E-state index contributed by atoms with van der Waals surface area (Å²) in [5.74, 6) is 3.04. The molecule has 1 aromatic heterocycles. The minimum Gasteiger partial charge on any atom is -0.486 e. The SMILES string of the molecule is Clc1cc(CSc2nnc(CN3CCCC3)n2-c2ccccc2)cc2c1OCCO2. The number of rotatable bonds is 6. The highest BCUT2D eigenvalue weighted by atomic mass is 35.5. The molecule has 1 saturated heterocycles. The summed E-state index contributed by atoms with van der Waals surface area (Å²) in [6, 6.07) is 14.3. The maximum Gasteiger partial charge on any atom is 0.196 e. The van der Waals surface area contributed by atoms with Crippen molar-refractivity contribution in [2.45, 2.75) is 30.3 Å². The minimum atomic E-state index is 0.529. The van der Waals surface area contributed by atoms with Crippen LogP contribution in [0.25, 0.3) is 5.69 Å². The molecule has 0 unspecified atom stereocenters. The van der Waals surface area contributed by atoms with Crippen molar-refractivity contribution >= 4 is 23.4 Å². The number of likely N-dealkylation sites (tertiary alicyclic amines) is 1. The molecular weight excluding hydrogens is 420 g/mol. The van der Waals surface area contributed by atoms with Crippen LogP contribution in [0.5, 0.6) is 11.5 Å². The molecule has 0 saturated carbocycles. The smallest absolute Gasteiger partial charge is 0.196 e. The van der Waals surface area contributed by atoms with Crippen molar-refractivity contribution < 1.29 is 9.47 Å². The molecule has 0 bridgehead atoms. The number of ether oxygens (including phenoxy) is 2. The molecule has 6 nitrogen and oxygen atoms in total. The van der Waals surface area contributed by atoms with Gasteiger partial charge in [0, 0.05) is 11.4 Å². The largest absolute Gasteiger partial charge is 0.486 e. The van der Waals surface area contributed by atoms with Gasteiger partial charge >= 0.3 is 0 Å². The van der Waals surface area contributed by atoms with E-state index in [1.807, 2.05) is 30.3 Å². The van der Waals surface area contributed by atoms with Crippen LogP contribution in [-0.4, -0.2) is 46.0 Å². The molecule has 3 heterocycles. The fourth-order valence-corrected chi connectivity index (χ4v) is 5.06. The second-order valence-electron chi connectivity index (χ2n) is 7.44. The molecule has 5 rings (SSSR count). The predicted molar refractivity (Wildman–Crippen MR) is 118 cm³/mol. The van der Waals surface area contributed by atoms with Gasteiger partial charge in [-0.2, -0.15) is 0 Å². The van der Waals surface area contributed by atoms with Gasteiger partial charge in [0.15, 0.2) is 22.5 Å². The Balaban J connectivity index is 1.40. The molecule has 2 aliphatic rings. The fraction of sp³-hybridized carbons (Fsp3) is 0.364. The van der Waals surface area contributed by atoms with Crippen LogP contribution in [0.1, 0.15) is 24.2 Å². The molecule has 2 aromatic carbocycles. The number of nitrogens with zero attached hydrogens (tertiary/aromatic N) is 4. The first-order chi connectivity index (χ1) is 14.8. The molecule has 0 amide bonds. The van der Waals surface area contributed by atoms with Gasteiger partial charge in [-0.1, -0.05) is 41.6 Å². The van der Waals surface area contributed by atoms with E-state index in [-0.39, 0.29) is 0 Å². The zero-order valence-electron chi connectivity index (χ0n) is 16.6. The Kier molecular flexibility index (Phi) is 5.84. The highest BCUT2D eigenvalue weighted by Gasteiger charge is 2.21. The van der Waals surface area contributed by atoms with E-state index < -0.39 is 0 Å². The highest BCUT2D eigenvalue weighted by molar-refractivity contribution is 7.98. The molecule has 0 atom stereocenters. The van der Waals surface area contributed by atoms with Crippen molar-refractivity contribution in [2.75, 3.05) is 26.3 Å². The number of thioether (sulfide) groups is 1. The first-order valence-electron chi connectivity index (χ1n) is 10.2. The predicted octanol–water partition coefficient (Wildman–Crippen LogP) is 4.58. The van der Waals surface area contributed by atoms with Crippen LogP contribution in [-0.2, 0) is 12.3 Å². The average Bonchev–Trinajstić information content (AvgIpc) is 3.43. The molecule has 156 valence electrons. The van der Waals surface area contributed by atoms with Gasteiger partial charge in [0.1, 0.15) is 13.2 Å². The number of halogens is 1. The van der Waals surface area contributed by atoms with Gasteiger partial charge in [-0.15, -0.1) is 10.2 Å². The van der Waals surface area contributed by atoms with Crippen LogP contribution in [0.2, 0.25) is 5.02 Å². The van der Waals surface area contributed by atoms with E-state index in [4.69, 9.17) is 21.1 Å². The topological polar surface area (TPSA) is 52.4 Å². The summed E-state index contributed by atoms with van der Waals surface area (Å²) in [6.07, 6.45) is 2.51. The van der Waals surface area contributed by atoms with E-state index in [2.05, 4.69) is 31.8 Å². The summed E-state index contributed by atoms with van der Waals surface area (Å²) < 4.78 is 13.5. The van der Waals surface area contributed by atoms with Crippen LogP contribution in [0.15, 0.2) is 47.6 Å². The number of para-hydroxylation sites is 1. The van der Waals surface area contributed by atoms with Crippen molar-refractivity contribution in [1.82, 2.24) is 19.7 Å². The number of hydrogen-bond donors (Lipinski definition) is 0. The van der Waals surface area contributed by atoms with E-state index >= 15 is 0 Å². The average molecular weight is 443 g/mol. The van der Waals surface area contributed by atoms with Gasteiger partial charge in [0.2, 0.25) is 0 Å². The van der Waals surface area contributed by atoms with Gasteiger partial charge in [0.25, 0.3) is 0 Å². The van der Waals surface area contributed by atoms with Crippen LogP contribution >= 0.6 is 23.4 Å². The van der Waals surface area contributed by atoms with Crippen molar-refractivity contribution in [2.24, 2.45) is 0 Å². The minimum absolute atomic E-state index is 0.529. The van der Waals surface area contributed by atoms with E-state index in [0.29, 0.717) is 35.5 Å². The number of hydrogen-bond acceptors (Lipinski definition) is 6. The molecule has 0 aliphatic carbocycles. The molecule has 2 aliphatic heterocycles. The number of benzene rings is 2. The Labute approximate surface area is 185 Å². The first-order valence-corrected chi connectivity index (χ1v) is 11.6. The Morgan fingerprint density at radius 3 is 2.63 bits per heavy atom. The third-order valence-corrected chi connectivity index (χ3v) is 6.58. The zero-order valence-corrected chi connectivity index (χ0v) is 18.2. The van der Waals surface area contributed by atoms with Gasteiger partial charge in [-0.05, 0) is 55.8 Å². The van der Waals surface area contributed by atoms with Gasteiger partial charge in [-0.25, -0.2) is 0 Å². The molecule has 0 spiro atoms. The Morgan fingerprint density at radius 2 is 1.80 bits per heavy atom. The summed E-state index contributed by atoms with van der Waals surface area (Å²) in [5.41, 5.74) is 2.15. The van der Waals surface area contributed by atoms with E-state index in [0.717, 1.165) is 41.9 Å². The lowest BCUT2D eigenvalue weighted by molar-refractivity contribution is 0.171. The molecule has 30 heavy (non-hydrogen) atoms. The summed E-state index contributed by atoms with van der Waals surface area (Å²) in [7, 11) is 0. The highest BCUT2D eigenvalue weighted by Crippen LogP contribution is 2.39. The van der Waals surface area contributed by atoms with E-state index in [1.54, 1.807) is 11.8 Å². The fourth-order valence-electron chi connectivity index (χ4n) is 3.87. The van der Waals surface area contributed by atoms with Gasteiger partial charge < -0.3 is 9.47 Å². The van der Waals surface area contributed by atoms with E-state index in [9.17, 15) is 0 Å². The van der Waals surface area contributed by atoms with Crippen molar-refractivity contribution in [1.29, 1.82) is 0 Å². The normalized spacial score (nSPS) is 16.2. The number of fused-ring (bicyclic) bond motifs is 1. The maximum absolute atomic E-state index is 6.40. The number of aromatic nitrogens is 3. The van der Waals surface area contributed by atoms with Crippen molar-refractivity contribution in [3.8, 4) is 17.2 Å². The zero-order chi connectivity index (χ0) is 20.3. The molecule has 8 heteroatoms. The van der Waals surface area contributed by atoms with Crippen LogP contribution in [0.3, 0.4) is 0 Å². The van der Waals surface area contributed by atoms with Crippen molar-refractivity contribution in [3.63, 3.8) is 0 Å². The molecule has 3 aromatic rings. The second-order valence-corrected chi connectivity index (χ2v) is 8.79. The third kappa shape index (κ3) is 4.15. The van der Waals surface area contributed by atoms with Crippen LogP contribution in [0.4, 0.5) is 0 Å². The second kappa shape index (κ2) is 8.88. The maximum atomic E-state index is 6.40. The van der Waals surface area contributed by atoms with Gasteiger partial charge in [0.05, 0.1) is 11.6 Å². The molecule has 1 fully saturated rings. The molecular formula is C22H23ClN4O2S. The first kappa shape index (κ1) is 19.7. The summed E-state index contributed by atoms with van der Waals surface area (Å²) in [4.78, 5) is 2.44. The monoisotopic (exact) mass is 442 g/mol. The Hall–Kier alpha value is -2.22. The van der Waals surface area contributed by atoms with Gasteiger partial charge in [-0.3, -0.25) is 9.47 Å². The summed E-state index contributed by atoms with van der Waals surface area (Å²) >= 11 is 8.05. The summed E-state index contributed by atoms with van der Waals surface area (Å²) in [6.45, 7) is 4.14. The summed E-state index contributed by atoms with van der Waals surface area (Å²) in [5, 5.41) is 10.5. The van der Waals surface area contributed by atoms with Crippen LogP contribution in [0, 0.1) is 0 Å². The lowest BCUT2D eigenvalue weighted by Crippen LogP contribution is -2.21.